The number of amides is 1. The van der Waals surface area contributed by atoms with E-state index in [1.54, 1.807) is 12.1 Å². The van der Waals surface area contributed by atoms with Crippen molar-refractivity contribution >= 4 is 67.2 Å². The van der Waals surface area contributed by atoms with E-state index < -0.39 is 0 Å². The molecular weight excluding hydrogens is 457 g/mol. The van der Waals surface area contributed by atoms with Crippen LogP contribution >= 0.6 is 49.9 Å². The second kappa shape index (κ2) is 5.45. The van der Waals surface area contributed by atoms with Crippen molar-refractivity contribution in [2.45, 2.75) is 0 Å². The average Bonchev–Trinajstić information content (AvgIpc) is 2.84. The molecule has 102 valence electrons. The zero-order valence-electron chi connectivity index (χ0n) is 9.91. The SMILES string of the molecule is O=C1COc2cc(C(=O)c3csc(I)c3)c(Br)cc2N1. The summed E-state index contributed by atoms with van der Waals surface area (Å²) in [6.45, 7) is -0.0292. The Balaban J connectivity index is 2.02. The minimum Gasteiger partial charge on any atom is -0.482 e. The standard InChI is InChI=1S/C13H7BrINO3S/c14-8-3-9-10(19-4-12(17)16-9)2-7(8)13(18)6-1-11(15)20-5-6/h1-3,5H,4H2,(H,16,17). The van der Waals surface area contributed by atoms with Gasteiger partial charge in [0.15, 0.2) is 12.4 Å². The number of anilines is 1. The van der Waals surface area contributed by atoms with E-state index in [0.29, 0.717) is 27.0 Å². The van der Waals surface area contributed by atoms with Crippen LogP contribution in [0.4, 0.5) is 5.69 Å². The van der Waals surface area contributed by atoms with Gasteiger partial charge in [-0.3, -0.25) is 9.59 Å². The summed E-state index contributed by atoms with van der Waals surface area (Å²) in [7, 11) is 0. The molecule has 1 aliphatic rings. The molecule has 0 saturated heterocycles. The van der Waals surface area contributed by atoms with Crippen molar-refractivity contribution in [3.05, 3.63) is 42.1 Å². The van der Waals surface area contributed by atoms with Crippen LogP contribution in [0.5, 0.6) is 5.75 Å². The van der Waals surface area contributed by atoms with Crippen LogP contribution in [0.25, 0.3) is 0 Å². The number of carbonyl (C=O) groups excluding carboxylic acids is 2. The first-order chi connectivity index (χ1) is 9.54. The van der Waals surface area contributed by atoms with Crippen molar-refractivity contribution in [3.8, 4) is 5.75 Å². The molecule has 0 spiro atoms. The molecule has 20 heavy (non-hydrogen) atoms. The third-order valence-electron chi connectivity index (χ3n) is 2.78. The van der Waals surface area contributed by atoms with Gasteiger partial charge < -0.3 is 10.1 Å². The molecule has 0 saturated carbocycles. The van der Waals surface area contributed by atoms with E-state index in [2.05, 4.69) is 43.8 Å². The monoisotopic (exact) mass is 463 g/mol. The van der Waals surface area contributed by atoms with Crippen molar-refractivity contribution in [1.29, 1.82) is 0 Å². The van der Waals surface area contributed by atoms with E-state index in [1.807, 2.05) is 11.4 Å². The molecule has 0 aliphatic carbocycles. The van der Waals surface area contributed by atoms with Crippen LogP contribution in [-0.4, -0.2) is 18.3 Å². The number of ether oxygens (including phenoxy) is 1. The lowest BCUT2D eigenvalue weighted by Gasteiger charge is -2.19. The van der Waals surface area contributed by atoms with Crippen LogP contribution in [-0.2, 0) is 4.79 Å². The highest BCUT2D eigenvalue weighted by atomic mass is 127. The topological polar surface area (TPSA) is 55.4 Å². The Morgan fingerprint density at radius 1 is 1.40 bits per heavy atom. The molecule has 0 radical (unpaired) electrons. The number of thiophene rings is 1. The summed E-state index contributed by atoms with van der Waals surface area (Å²) in [6.07, 6.45) is 0. The number of benzene rings is 1. The number of nitrogens with one attached hydrogen (secondary N) is 1. The van der Waals surface area contributed by atoms with Crippen molar-refractivity contribution in [3.63, 3.8) is 0 Å². The van der Waals surface area contributed by atoms with Gasteiger partial charge in [-0.1, -0.05) is 0 Å². The van der Waals surface area contributed by atoms with Crippen LogP contribution in [0.3, 0.4) is 0 Å². The average molecular weight is 464 g/mol. The maximum Gasteiger partial charge on any atom is 0.262 e. The second-order valence-electron chi connectivity index (χ2n) is 4.13. The van der Waals surface area contributed by atoms with Crippen molar-refractivity contribution in [1.82, 2.24) is 0 Å². The number of hydrogen-bond acceptors (Lipinski definition) is 4. The van der Waals surface area contributed by atoms with Crippen molar-refractivity contribution in [2.24, 2.45) is 0 Å². The van der Waals surface area contributed by atoms with E-state index in [1.165, 1.54) is 11.3 Å². The van der Waals surface area contributed by atoms with Gasteiger partial charge in [0, 0.05) is 21.0 Å². The molecule has 2 heterocycles. The summed E-state index contributed by atoms with van der Waals surface area (Å²) in [6, 6.07) is 5.20. The first-order valence-corrected chi connectivity index (χ1v) is 8.34. The van der Waals surface area contributed by atoms with Gasteiger partial charge in [-0.05, 0) is 56.7 Å². The van der Waals surface area contributed by atoms with Crippen LogP contribution in [0, 0.1) is 2.88 Å². The summed E-state index contributed by atoms with van der Waals surface area (Å²) < 4.78 is 7.03. The van der Waals surface area contributed by atoms with Crippen LogP contribution < -0.4 is 10.1 Å². The fraction of sp³-hybridized carbons (Fsp3) is 0.0769. The number of fused-ring (bicyclic) bond motifs is 1. The highest BCUT2D eigenvalue weighted by Gasteiger charge is 2.21. The Hall–Kier alpha value is -0.930. The molecular formula is C13H7BrINO3S. The number of halogens is 2. The minimum absolute atomic E-state index is 0.0292. The summed E-state index contributed by atoms with van der Waals surface area (Å²) >= 11 is 7.08. The molecule has 7 heteroatoms. The molecule has 1 N–H and O–H groups in total. The van der Waals surface area contributed by atoms with Gasteiger partial charge in [0.25, 0.3) is 5.91 Å². The summed E-state index contributed by atoms with van der Waals surface area (Å²) in [5, 5.41) is 4.54. The largest absolute Gasteiger partial charge is 0.482 e. The fourth-order valence-electron chi connectivity index (χ4n) is 1.86. The number of carbonyl (C=O) groups is 2. The first-order valence-electron chi connectivity index (χ1n) is 5.59. The first kappa shape index (κ1) is 14.0. The molecule has 3 rings (SSSR count). The Labute approximate surface area is 140 Å². The molecule has 0 bridgehead atoms. The minimum atomic E-state index is -0.198. The molecule has 0 atom stereocenters. The Morgan fingerprint density at radius 3 is 2.90 bits per heavy atom. The zero-order valence-corrected chi connectivity index (χ0v) is 14.5. The van der Waals surface area contributed by atoms with Gasteiger partial charge in [0.05, 0.1) is 8.57 Å². The molecule has 0 unspecified atom stereocenters. The third-order valence-corrected chi connectivity index (χ3v) is 5.22. The maximum absolute atomic E-state index is 12.5. The Bertz CT molecular complexity index is 728. The lowest BCUT2D eigenvalue weighted by atomic mass is 10.0. The molecule has 4 nitrogen and oxygen atoms in total. The third kappa shape index (κ3) is 2.61. The number of rotatable bonds is 2. The van der Waals surface area contributed by atoms with E-state index in [9.17, 15) is 9.59 Å². The molecule has 2 aromatic rings. The summed E-state index contributed by atoms with van der Waals surface area (Å²) in [5.74, 6) is 0.247. The quantitative estimate of drug-likeness (QED) is 0.546. The van der Waals surface area contributed by atoms with Crippen molar-refractivity contribution < 1.29 is 14.3 Å². The highest BCUT2D eigenvalue weighted by Crippen LogP contribution is 2.35. The van der Waals surface area contributed by atoms with Crippen LogP contribution in [0.2, 0.25) is 0 Å². The molecule has 1 amide bonds. The fourth-order valence-corrected chi connectivity index (χ4v) is 3.71. The van der Waals surface area contributed by atoms with E-state index in [4.69, 9.17) is 4.74 Å². The van der Waals surface area contributed by atoms with Gasteiger partial charge in [-0.15, -0.1) is 11.3 Å². The molecule has 1 aromatic heterocycles. The van der Waals surface area contributed by atoms with E-state index in [0.717, 1.165) is 2.88 Å². The van der Waals surface area contributed by atoms with E-state index >= 15 is 0 Å². The van der Waals surface area contributed by atoms with Crippen molar-refractivity contribution in [2.75, 3.05) is 11.9 Å². The smallest absolute Gasteiger partial charge is 0.262 e. The van der Waals surface area contributed by atoms with Crippen LogP contribution in [0.15, 0.2) is 28.1 Å². The zero-order chi connectivity index (χ0) is 14.3. The number of hydrogen-bond donors (Lipinski definition) is 1. The Kier molecular flexibility index (Phi) is 3.83. The maximum atomic E-state index is 12.5. The Morgan fingerprint density at radius 2 is 2.20 bits per heavy atom. The normalized spacial score (nSPS) is 13.4. The van der Waals surface area contributed by atoms with Gasteiger partial charge in [-0.25, -0.2) is 0 Å². The summed E-state index contributed by atoms with van der Waals surface area (Å²) in [5.41, 5.74) is 1.75. The van der Waals surface area contributed by atoms with Gasteiger partial charge in [0.1, 0.15) is 5.75 Å². The van der Waals surface area contributed by atoms with Gasteiger partial charge in [0.2, 0.25) is 0 Å². The lowest BCUT2D eigenvalue weighted by Crippen LogP contribution is -2.25. The summed E-state index contributed by atoms with van der Waals surface area (Å²) in [4.78, 5) is 23.7. The second-order valence-corrected chi connectivity index (χ2v) is 7.79. The number of ketones is 1. The van der Waals surface area contributed by atoms with Crippen LogP contribution in [0.1, 0.15) is 15.9 Å². The predicted molar refractivity (Wildman–Crippen MR) is 88.7 cm³/mol. The van der Waals surface area contributed by atoms with Gasteiger partial charge >= 0.3 is 0 Å². The molecule has 1 aromatic carbocycles. The lowest BCUT2D eigenvalue weighted by molar-refractivity contribution is -0.118. The molecule has 1 aliphatic heterocycles. The predicted octanol–water partition coefficient (Wildman–Crippen LogP) is 3.68. The highest BCUT2D eigenvalue weighted by molar-refractivity contribution is 14.1. The van der Waals surface area contributed by atoms with E-state index in [-0.39, 0.29) is 18.3 Å². The van der Waals surface area contributed by atoms with Gasteiger partial charge in [-0.2, -0.15) is 0 Å². The molecule has 0 fully saturated rings.